The van der Waals surface area contributed by atoms with Gasteiger partial charge in [-0.2, -0.15) is 0 Å². The van der Waals surface area contributed by atoms with E-state index >= 15 is 0 Å². The molecule has 1 aromatic rings. The van der Waals surface area contributed by atoms with Crippen molar-refractivity contribution >= 4 is 11.8 Å². The molecular formula is C21H27N3O2. The third-order valence-electron chi connectivity index (χ3n) is 7.09. The second-order valence-corrected chi connectivity index (χ2v) is 8.49. The number of hydrogen-bond donors (Lipinski definition) is 0. The van der Waals surface area contributed by atoms with Gasteiger partial charge in [0.25, 0.3) is 11.8 Å². The van der Waals surface area contributed by atoms with Gasteiger partial charge < -0.3 is 9.80 Å². The molecule has 0 aliphatic carbocycles. The predicted molar refractivity (Wildman–Crippen MR) is 97.9 cm³/mol. The number of fused-ring (bicyclic) bond motifs is 4. The van der Waals surface area contributed by atoms with E-state index in [1.165, 1.54) is 12.8 Å². The number of pyridine rings is 1. The number of aromatic nitrogens is 1. The van der Waals surface area contributed by atoms with E-state index in [-0.39, 0.29) is 11.8 Å². The SMILES string of the molecule is O=C(c1ccc(C(=O)N2C3CCCC2CC3)nc1)N1C2CCCC1CC2. The fourth-order valence-corrected chi connectivity index (χ4v) is 5.83. The smallest absolute Gasteiger partial charge is 0.272 e. The summed E-state index contributed by atoms with van der Waals surface area (Å²) in [4.78, 5) is 34.4. The first-order chi connectivity index (χ1) is 12.7. The van der Waals surface area contributed by atoms with Crippen LogP contribution < -0.4 is 0 Å². The Balaban J connectivity index is 1.33. The molecule has 0 spiro atoms. The van der Waals surface area contributed by atoms with Crippen molar-refractivity contribution in [2.75, 3.05) is 0 Å². The van der Waals surface area contributed by atoms with E-state index in [1.54, 1.807) is 12.3 Å². The van der Waals surface area contributed by atoms with Gasteiger partial charge in [-0.15, -0.1) is 0 Å². The summed E-state index contributed by atoms with van der Waals surface area (Å²) in [6.07, 6.45) is 13.1. The average molecular weight is 353 g/mol. The molecule has 4 saturated heterocycles. The highest BCUT2D eigenvalue weighted by molar-refractivity contribution is 5.97. The summed E-state index contributed by atoms with van der Waals surface area (Å²) in [6.45, 7) is 0. The van der Waals surface area contributed by atoms with Gasteiger partial charge in [-0.3, -0.25) is 14.6 Å². The van der Waals surface area contributed by atoms with Crippen LogP contribution in [0.4, 0.5) is 0 Å². The Labute approximate surface area is 154 Å². The van der Waals surface area contributed by atoms with Gasteiger partial charge in [-0.1, -0.05) is 0 Å². The van der Waals surface area contributed by atoms with Crippen molar-refractivity contribution in [2.45, 2.75) is 88.4 Å². The summed E-state index contributed by atoms with van der Waals surface area (Å²) in [5, 5.41) is 0. The summed E-state index contributed by atoms with van der Waals surface area (Å²) >= 11 is 0. The first kappa shape index (κ1) is 16.3. The summed E-state index contributed by atoms with van der Waals surface area (Å²) in [5.41, 5.74) is 1.11. The number of hydrogen-bond acceptors (Lipinski definition) is 3. The number of carbonyl (C=O) groups is 2. The van der Waals surface area contributed by atoms with Crippen LogP contribution in [0.5, 0.6) is 0 Å². The summed E-state index contributed by atoms with van der Waals surface area (Å²) in [5.74, 6) is 0.149. The van der Waals surface area contributed by atoms with Gasteiger partial charge in [-0.05, 0) is 76.3 Å². The summed E-state index contributed by atoms with van der Waals surface area (Å²) in [7, 11) is 0. The molecule has 4 fully saturated rings. The van der Waals surface area contributed by atoms with E-state index in [9.17, 15) is 9.59 Å². The van der Waals surface area contributed by atoms with Crippen LogP contribution in [-0.2, 0) is 0 Å². The molecule has 5 nitrogen and oxygen atoms in total. The molecule has 2 amide bonds. The number of piperidine rings is 2. The molecule has 0 aromatic carbocycles. The second kappa shape index (κ2) is 6.36. The molecule has 5 heterocycles. The van der Waals surface area contributed by atoms with Gasteiger partial charge in [0.05, 0.1) is 5.56 Å². The standard InChI is InChI=1S/C21H27N3O2/c25-20(23-15-3-1-4-16(23)9-8-15)14-7-12-19(22-13-14)21(26)24-17-5-2-6-18(24)11-10-17/h7,12-13,15-18H,1-6,8-11H2. The highest BCUT2D eigenvalue weighted by Crippen LogP contribution is 2.37. The average Bonchev–Trinajstić information content (AvgIpc) is 3.07. The van der Waals surface area contributed by atoms with Crippen LogP contribution in [0.2, 0.25) is 0 Å². The zero-order valence-corrected chi connectivity index (χ0v) is 15.3. The maximum absolute atomic E-state index is 12.9. The van der Waals surface area contributed by atoms with Crippen LogP contribution in [0.15, 0.2) is 18.3 Å². The highest BCUT2D eigenvalue weighted by atomic mass is 16.2. The first-order valence-corrected chi connectivity index (χ1v) is 10.3. The monoisotopic (exact) mass is 353 g/mol. The largest absolute Gasteiger partial charge is 0.333 e. The van der Waals surface area contributed by atoms with Crippen LogP contribution in [0.25, 0.3) is 0 Å². The topological polar surface area (TPSA) is 53.5 Å². The fourth-order valence-electron chi connectivity index (χ4n) is 5.83. The predicted octanol–water partition coefficient (Wildman–Crippen LogP) is 3.40. The van der Waals surface area contributed by atoms with E-state index in [4.69, 9.17) is 0 Å². The van der Waals surface area contributed by atoms with Crippen molar-refractivity contribution in [3.05, 3.63) is 29.6 Å². The number of amides is 2. The van der Waals surface area contributed by atoms with Gasteiger partial charge in [0.1, 0.15) is 5.69 Å². The zero-order valence-electron chi connectivity index (χ0n) is 15.3. The van der Waals surface area contributed by atoms with Crippen molar-refractivity contribution in [1.29, 1.82) is 0 Å². The van der Waals surface area contributed by atoms with Crippen molar-refractivity contribution in [2.24, 2.45) is 0 Å². The van der Waals surface area contributed by atoms with Crippen molar-refractivity contribution in [3.63, 3.8) is 0 Å². The summed E-state index contributed by atoms with van der Waals surface area (Å²) in [6, 6.07) is 5.18. The molecular weight excluding hydrogens is 326 g/mol. The van der Waals surface area contributed by atoms with Crippen molar-refractivity contribution in [3.8, 4) is 0 Å². The van der Waals surface area contributed by atoms with E-state index in [0.717, 1.165) is 51.4 Å². The lowest BCUT2D eigenvalue weighted by Gasteiger charge is -2.35. The Hall–Kier alpha value is -1.91. The van der Waals surface area contributed by atoms with Gasteiger partial charge in [0.2, 0.25) is 0 Å². The summed E-state index contributed by atoms with van der Waals surface area (Å²) < 4.78 is 0. The molecule has 0 radical (unpaired) electrons. The van der Waals surface area contributed by atoms with Crippen molar-refractivity contribution < 1.29 is 9.59 Å². The molecule has 4 aliphatic heterocycles. The molecule has 5 rings (SSSR count). The van der Waals surface area contributed by atoms with Crippen LogP contribution in [-0.4, -0.2) is 50.8 Å². The van der Waals surface area contributed by atoms with Gasteiger partial charge in [0, 0.05) is 30.4 Å². The van der Waals surface area contributed by atoms with Crippen LogP contribution in [0.1, 0.15) is 85.1 Å². The molecule has 1 aromatic heterocycles. The molecule has 26 heavy (non-hydrogen) atoms. The zero-order chi connectivity index (χ0) is 17.7. The Morgan fingerprint density at radius 2 is 1.23 bits per heavy atom. The van der Waals surface area contributed by atoms with Crippen LogP contribution >= 0.6 is 0 Å². The molecule has 0 N–H and O–H groups in total. The molecule has 0 saturated carbocycles. The maximum atomic E-state index is 12.9. The Bertz CT molecular complexity index is 623. The highest BCUT2D eigenvalue weighted by Gasteiger charge is 2.41. The minimum absolute atomic E-state index is 0.0502. The third kappa shape index (κ3) is 2.55. The number of nitrogens with zero attached hydrogens (tertiary/aromatic N) is 3. The van der Waals surface area contributed by atoms with Gasteiger partial charge in [0.15, 0.2) is 0 Å². The lowest BCUT2D eigenvalue weighted by molar-refractivity contribution is 0.0577. The molecule has 4 aliphatic rings. The van der Waals surface area contributed by atoms with Gasteiger partial charge in [-0.25, -0.2) is 0 Å². The first-order valence-electron chi connectivity index (χ1n) is 10.3. The van der Waals surface area contributed by atoms with E-state index in [0.29, 0.717) is 35.4 Å². The third-order valence-corrected chi connectivity index (χ3v) is 7.09. The minimum atomic E-state index is 0.0502. The molecule has 4 atom stereocenters. The molecule has 5 heteroatoms. The van der Waals surface area contributed by atoms with E-state index in [1.807, 2.05) is 6.07 Å². The Morgan fingerprint density at radius 1 is 0.731 bits per heavy atom. The molecule has 4 bridgehead atoms. The Morgan fingerprint density at radius 3 is 1.69 bits per heavy atom. The van der Waals surface area contributed by atoms with E-state index < -0.39 is 0 Å². The Kier molecular flexibility index (Phi) is 3.98. The van der Waals surface area contributed by atoms with E-state index in [2.05, 4.69) is 14.8 Å². The van der Waals surface area contributed by atoms with Gasteiger partial charge >= 0.3 is 0 Å². The number of rotatable bonds is 2. The van der Waals surface area contributed by atoms with Crippen LogP contribution in [0.3, 0.4) is 0 Å². The van der Waals surface area contributed by atoms with Crippen molar-refractivity contribution in [1.82, 2.24) is 14.8 Å². The van der Waals surface area contributed by atoms with Crippen LogP contribution in [0, 0.1) is 0 Å². The second-order valence-electron chi connectivity index (χ2n) is 8.49. The minimum Gasteiger partial charge on any atom is -0.333 e. The fraction of sp³-hybridized carbons (Fsp3) is 0.667. The maximum Gasteiger partial charge on any atom is 0.272 e. The molecule has 138 valence electrons. The normalized spacial score (nSPS) is 32.8. The lowest BCUT2D eigenvalue weighted by Crippen LogP contribution is -2.44. The lowest BCUT2D eigenvalue weighted by atomic mass is 10.0. The number of carbonyl (C=O) groups excluding carboxylic acids is 2. The molecule has 4 unspecified atom stereocenters. The quantitative estimate of drug-likeness (QED) is 0.819.